The summed E-state index contributed by atoms with van der Waals surface area (Å²) in [6.45, 7) is 0.483. The van der Waals surface area contributed by atoms with Gasteiger partial charge in [0.2, 0.25) is 5.91 Å². The topological polar surface area (TPSA) is 75.4 Å². The SMILES string of the molecule is NC1CCCCC1N(Cc1ccc(NC(=O)c2cc(F)cc(F)c2)cc1)C(=O)C1CC1. The van der Waals surface area contributed by atoms with E-state index in [1.165, 1.54) is 0 Å². The molecule has 0 spiro atoms. The van der Waals surface area contributed by atoms with Crippen LogP contribution in [-0.4, -0.2) is 28.8 Å². The maximum atomic E-state index is 13.3. The summed E-state index contributed by atoms with van der Waals surface area (Å²) in [6, 6.07) is 9.91. The third kappa shape index (κ3) is 5.28. The Bertz CT molecular complexity index is 940. The maximum absolute atomic E-state index is 13.3. The molecule has 5 nitrogen and oxygen atoms in total. The van der Waals surface area contributed by atoms with Gasteiger partial charge in [-0.2, -0.15) is 0 Å². The van der Waals surface area contributed by atoms with E-state index >= 15 is 0 Å². The Morgan fingerprint density at radius 1 is 0.968 bits per heavy atom. The van der Waals surface area contributed by atoms with Crippen molar-refractivity contribution in [2.75, 3.05) is 5.32 Å². The molecule has 0 aromatic heterocycles. The Kier molecular flexibility index (Phi) is 6.32. The zero-order chi connectivity index (χ0) is 22.0. The zero-order valence-electron chi connectivity index (χ0n) is 17.3. The lowest BCUT2D eigenvalue weighted by Gasteiger charge is -2.38. The van der Waals surface area contributed by atoms with Gasteiger partial charge in [0.15, 0.2) is 0 Å². The van der Waals surface area contributed by atoms with E-state index in [0.29, 0.717) is 12.2 Å². The first kappa shape index (κ1) is 21.4. The molecule has 0 radical (unpaired) electrons. The van der Waals surface area contributed by atoms with Crippen LogP contribution in [0.5, 0.6) is 0 Å². The van der Waals surface area contributed by atoms with E-state index < -0.39 is 17.5 Å². The van der Waals surface area contributed by atoms with Crippen molar-refractivity contribution >= 4 is 17.5 Å². The minimum Gasteiger partial charge on any atom is -0.334 e. The molecule has 2 aromatic carbocycles. The maximum Gasteiger partial charge on any atom is 0.255 e. The van der Waals surface area contributed by atoms with Gasteiger partial charge >= 0.3 is 0 Å². The molecular formula is C24H27F2N3O2. The van der Waals surface area contributed by atoms with Gasteiger partial charge < -0.3 is 16.0 Å². The van der Waals surface area contributed by atoms with Crippen LogP contribution in [0.25, 0.3) is 0 Å². The Labute approximate surface area is 180 Å². The van der Waals surface area contributed by atoms with E-state index in [1.54, 1.807) is 12.1 Å². The summed E-state index contributed by atoms with van der Waals surface area (Å²) < 4.78 is 26.7. The first-order chi connectivity index (χ1) is 14.9. The third-order valence-electron chi connectivity index (χ3n) is 6.08. The van der Waals surface area contributed by atoms with Gasteiger partial charge in [-0.3, -0.25) is 9.59 Å². The van der Waals surface area contributed by atoms with E-state index in [2.05, 4.69) is 5.32 Å². The standard InChI is InChI=1S/C24H27F2N3O2/c25-18-11-17(12-19(26)13-18)23(30)28-20-9-5-15(6-10-20)14-29(24(31)16-7-8-16)22-4-2-1-3-21(22)27/h5-6,9-13,16,21-22H,1-4,7-8,14,27H2,(H,28,30). The predicted octanol–water partition coefficient (Wildman–Crippen LogP) is 4.23. The largest absolute Gasteiger partial charge is 0.334 e. The molecule has 2 aliphatic rings. The number of carbonyl (C=O) groups excluding carboxylic acids is 2. The van der Waals surface area contributed by atoms with Crippen LogP contribution in [0.4, 0.5) is 14.5 Å². The predicted molar refractivity (Wildman–Crippen MR) is 114 cm³/mol. The van der Waals surface area contributed by atoms with Crippen molar-refractivity contribution < 1.29 is 18.4 Å². The lowest BCUT2D eigenvalue weighted by molar-refractivity contribution is -0.136. The first-order valence-corrected chi connectivity index (χ1v) is 10.8. The molecule has 2 atom stereocenters. The number of rotatable bonds is 6. The van der Waals surface area contributed by atoms with Crippen molar-refractivity contribution in [2.24, 2.45) is 11.7 Å². The molecule has 4 rings (SSSR count). The number of benzene rings is 2. The summed E-state index contributed by atoms with van der Waals surface area (Å²) in [5, 5.41) is 2.64. The average Bonchev–Trinajstić information content (AvgIpc) is 3.58. The lowest BCUT2D eigenvalue weighted by atomic mass is 9.89. The molecule has 3 N–H and O–H groups in total. The molecule has 2 saturated carbocycles. The van der Waals surface area contributed by atoms with Crippen LogP contribution in [0.2, 0.25) is 0 Å². The summed E-state index contributed by atoms with van der Waals surface area (Å²) in [4.78, 5) is 27.2. The van der Waals surface area contributed by atoms with E-state index in [-0.39, 0.29) is 29.5 Å². The molecular weight excluding hydrogens is 400 g/mol. The molecule has 7 heteroatoms. The summed E-state index contributed by atoms with van der Waals surface area (Å²) in [5.41, 5.74) is 7.72. The van der Waals surface area contributed by atoms with E-state index in [0.717, 1.165) is 62.3 Å². The van der Waals surface area contributed by atoms with Crippen LogP contribution < -0.4 is 11.1 Å². The van der Waals surface area contributed by atoms with Gasteiger partial charge in [0.1, 0.15) is 11.6 Å². The second-order valence-electron chi connectivity index (χ2n) is 8.57. The summed E-state index contributed by atoms with van der Waals surface area (Å²) >= 11 is 0. The Balaban J connectivity index is 1.44. The van der Waals surface area contributed by atoms with Crippen molar-refractivity contribution in [1.82, 2.24) is 4.90 Å². The van der Waals surface area contributed by atoms with Crippen molar-refractivity contribution in [3.63, 3.8) is 0 Å². The second-order valence-corrected chi connectivity index (χ2v) is 8.57. The number of hydrogen-bond acceptors (Lipinski definition) is 3. The van der Waals surface area contributed by atoms with Crippen LogP contribution in [0, 0.1) is 17.6 Å². The number of carbonyl (C=O) groups is 2. The minimum absolute atomic E-state index is 0.00155. The highest BCUT2D eigenvalue weighted by Crippen LogP contribution is 2.34. The van der Waals surface area contributed by atoms with Gasteiger partial charge in [0, 0.05) is 41.9 Å². The van der Waals surface area contributed by atoms with E-state index in [4.69, 9.17) is 5.73 Å². The molecule has 2 aliphatic carbocycles. The molecule has 164 valence electrons. The number of anilines is 1. The summed E-state index contributed by atoms with van der Waals surface area (Å²) in [7, 11) is 0. The molecule has 0 saturated heterocycles. The molecule has 0 aliphatic heterocycles. The highest BCUT2D eigenvalue weighted by molar-refractivity contribution is 6.04. The number of nitrogens with zero attached hydrogens (tertiary/aromatic N) is 1. The lowest BCUT2D eigenvalue weighted by Crippen LogP contribution is -2.52. The summed E-state index contributed by atoms with van der Waals surface area (Å²) in [5.74, 6) is -1.89. The fraction of sp³-hybridized carbons (Fsp3) is 0.417. The van der Waals surface area contributed by atoms with E-state index in [1.807, 2.05) is 17.0 Å². The number of hydrogen-bond donors (Lipinski definition) is 2. The average molecular weight is 427 g/mol. The van der Waals surface area contributed by atoms with Gasteiger partial charge in [0.05, 0.1) is 0 Å². The van der Waals surface area contributed by atoms with E-state index in [9.17, 15) is 18.4 Å². The van der Waals surface area contributed by atoms with Crippen LogP contribution in [-0.2, 0) is 11.3 Å². The van der Waals surface area contributed by atoms with Gasteiger partial charge in [-0.25, -0.2) is 8.78 Å². The van der Waals surface area contributed by atoms with Crippen LogP contribution in [0.1, 0.15) is 54.4 Å². The number of amides is 2. The monoisotopic (exact) mass is 427 g/mol. The van der Waals surface area contributed by atoms with Gasteiger partial charge in [-0.05, 0) is 55.5 Å². The van der Waals surface area contributed by atoms with Crippen molar-refractivity contribution in [3.8, 4) is 0 Å². The number of halogens is 2. The van der Waals surface area contributed by atoms with Crippen LogP contribution >= 0.6 is 0 Å². The molecule has 0 heterocycles. The smallest absolute Gasteiger partial charge is 0.255 e. The Morgan fingerprint density at radius 3 is 2.23 bits per heavy atom. The van der Waals surface area contributed by atoms with Crippen LogP contribution in [0.15, 0.2) is 42.5 Å². The fourth-order valence-corrected chi connectivity index (χ4v) is 4.23. The van der Waals surface area contributed by atoms with Gasteiger partial charge in [-0.1, -0.05) is 25.0 Å². The Hall–Kier alpha value is -2.80. The quantitative estimate of drug-likeness (QED) is 0.725. The van der Waals surface area contributed by atoms with Crippen LogP contribution in [0.3, 0.4) is 0 Å². The van der Waals surface area contributed by atoms with Crippen molar-refractivity contribution in [3.05, 3.63) is 65.2 Å². The minimum atomic E-state index is -0.804. The zero-order valence-corrected chi connectivity index (χ0v) is 17.3. The van der Waals surface area contributed by atoms with Gasteiger partial charge in [-0.15, -0.1) is 0 Å². The fourth-order valence-electron chi connectivity index (χ4n) is 4.23. The number of nitrogens with two attached hydrogens (primary N) is 1. The van der Waals surface area contributed by atoms with Crippen molar-refractivity contribution in [2.45, 2.75) is 57.2 Å². The normalized spacial score (nSPS) is 20.9. The summed E-state index contributed by atoms with van der Waals surface area (Å²) in [6.07, 6.45) is 5.94. The first-order valence-electron chi connectivity index (χ1n) is 10.8. The highest BCUT2D eigenvalue weighted by atomic mass is 19.1. The van der Waals surface area contributed by atoms with Crippen molar-refractivity contribution in [1.29, 1.82) is 0 Å². The molecule has 2 unspecified atom stereocenters. The second kappa shape index (κ2) is 9.14. The Morgan fingerprint density at radius 2 is 1.61 bits per heavy atom. The molecule has 0 bridgehead atoms. The molecule has 2 aromatic rings. The molecule has 2 fully saturated rings. The highest BCUT2D eigenvalue weighted by Gasteiger charge is 2.38. The molecule has 31 heavy (non-hydrogen) atoms. The van der Waals surface area contributed by atoms with Gasteiger partial charge in [0.25, 0.3) is 5.91 Å². The third-order valence-corrected chi connectivity index (χ3v) is 6.08. The molecule has 2 amide bonds. The number of nitrogens with one attached hydrogen (secondary N) is 1.